The van der Waals surface area contributed by atoms with Gasteiger partial charge in [-0.05, 0) is 66.6 Å². The van der Waals surface area contributed by atoms with Crippen LogP contribution in [0.2, 0.25) is 0 Å². The van der Waals surface area contributed by atoms with Crippen molar-refractivity contribution in [3.05, 3.63) is 130 Å². The molecule has 2 amide bonds. The first-order valence-electron chi connectivity index (χ1n) is 14.5. The second-order valence-corrected chi connectivity index (χ2v) is 11.5. The highest BCUT2D eigenvalue weighted by Crippen LogP contribution is 2.34. The minimum absolute atomic E-state index is 0.0187. The third-order valence-electron chi connectivity index (χ3n) is 7.55. The quantitative estimate of drug-likeness (QED) is 0.111. The van der Waals surface area contributed by atoms with Crippen molar-refractivity contribution in [2.75, 3.05) is 12.9 Å². The predicted molar refractivity (Wildman–Crippen MR) is 174 cm³/mol. The fraction of sp³-hybridized carbons (Fsp3) is 0.182. The monoisotopic (exact) mass is 651 g/mol. The van der Waals surface area contributed by atoms with E-state index in [4.69, 9.17) is 14.3 Å². The number of hydrogen-bond acceptors (Lipinski definition) is 10. The van der Waals surface area contributed by atoms with Gasteiger partial charge in [0.15, 0.2) is 16.7 Å². The van der Waals surface area contributed by atoms with Gasteiger partial charge in [-0.15, -0.1) is 10.2 Å². The van der Waals surface area contributed by atoms with Crippen molar-refractivity contribution in [1.82, 2.24) is 25.1 Å². The number of ether oxygens (including phenoxy) is 1. The number of nitrogens with zero attached hydrogens (tertiary/aromatic N) is 6. The molecule has 1 aliphatic heterocycles. The first kappa shape index (κ1) is 31.2. The van der Waals surface area contributed by atoms with Crippen molar-refractivity contribution >= 4 is 35.0 Å². The first-order valence-corrected chi connectivity index (χ1v) is 15.5. The lowest BCUT2D eigenvalue weighted by Crippen LogP contribution is -2.28. The molecule has 47 heavy (non-hydrogen) atoms. The van der Waals surface area contributed by atoms with Gasteiger partial charge in [0, 0.05) is 24.2 Å². The number of amides is 2. The number of furan rings is 1. The summed E-state index contributed by atoms with van der Waals surface area (Å²) >= 11 is 1.15. The Kier molecular flexibility index (Phi) is 9.11. The van der Waals surface area contributed by atoms with Gasteiger partial charge in [0.05, 0.1) is 42.3 Å². The van der Waals surface area contributed by atoms with E-state index in [0.29, 0.717) is 23.1 Å². The molecule has 14 heteroatoms. The van der Waals surface area contributed by atoms with E-state index in [-0.39, 0.29) is 35.7 Å². The van der Waals surface area contributed by atoms with Crippen LogP contribution < -0.4 is 10.1 Å². The summed E-state index contributed by atoms with van der Waals surface area (Å²) in [6.07, 6.45) is 1.93. The Balaban J connectivity index is 1.26. The lowest BCUT2D eigenvalue weighted by molar-refractivity contribution is -0.384. The molecule has 3 heterocycles. The van der Waals surface area contributed by atoms with Gasteiger partial charge in [-0.25, -0.2) is 5.01 Å². The van der Waals surface area contributed by atoms with Crippen LogP contribution in [0.4, 0.5) is 5.69 Å². The zero-order valence-corrected chi connectivity index (χ0v) is 26.2. The largest absolute Gasteiger partial charge is 0.497 e. The van der Waals surface area contributed by atoms with E-state index < -0.39 is 10.8 Å². The van der Waals surface area contributed by atoms with Crippen LogP contribution in [-0.2, 0) is 11.3 Å². The standard InChI is InChI=1S/C33H29N7O6S/c1-21-5-7-23(8-6-21)28-18-27(22-9-15-26(45-2)16-10-22)37-39(28)31(41)20-47-33-36-35-30(19-34-32(42)29-4-3-17-46-29)38(33)24-11-13-25(14-12-24)40(43)44/h3-17,28H,18-20H2,1-2H3,(H,34,42). The normalized spacial score (nSPS) is 14.1. The summed E-state index contributed by atoms with van der Waals surface area (Å²) in [5, 5.41) is 29.2. The van der Waals surface area contributed by atoms with Crippen LogP contribution in [0.1, 0.15) is 45.5 Å². The van der Waals surface area contributed by atoms with Gasteiger partial charge in [-0.1, -0.05) is 41.6 Å². The number of non-ortho nitro benzene ring substituents is 1. The van der Waals surface area contributed by atoms with Crippen LogP contribution in [0.15, 0.2) is 106 Å². The lowest BCUT2D eigenvalue weighted by atomic mass is 9.97. The molecule has 1 atom stereocenters. The number of nitro benzene ring substituents is 1. The van der Waals surface area contributed by atoms with Crippen molar-refractivity contribution in [2.24, 2.45) is 5.10 Å². The van der Waals surface area contributed by atoms with Gasteiger partial charge in [-0.3, -0.25) is 24.3 Å². The zero-order valence-electron chi connectivity index (χ0n) is 25.4. The Morgan fingerprint density at radius 3 is 2.45 bits per heavy atom. The number of methoxy groups -OCH3 is 1. The number of nitrogens with one attached hydrogen (secondary N) is 1. The summed E-state index contributed by atoms with van der Waals surface area (Å²) in [6.45, 7) is 1.99. The van der Waals surface area contributed by atoms with Gasteiger partial charge >= 0.3 is 0 Å². The second kappa shape index (κ2) is 13.7. The van der Waals surface area contributed by atoms with Crippen molar-refractivity contribution in [1.29, 1.82) is 0 Å². The van der Waals surface area contributed by atoms with Crippen LogP contribution >= 0.6 is 11.8 Å². The molecular weight excluding hydrogens is 622 g/mol. The zero-order chi connectivity index (χ0) is 32.9. The highest BCUT2D eigenvalue weighted by atomic mass is 32.2. The Morgan fingerprint density at radius 1 is 1.04 bits per heavy atom. The smallest absolute Gasteiger partial charge is 0.287 e. The number of carbonyl (C=O) groups is 2. The van der Waals surface area contributed by atoms with Crippen LogP contribution in [0.5, 0.6) is 5.75 Å². The summed E-state index contributed by atoms with van der Waals surface area (Å²) in [5.41, 5.74) is 4.19. The summed E-state index contributed by atoms with van der Waals surface area (Å²) in [7, 11) is 1.61. The van der Waals surface area contributed by atoms with E-state index in [1.54, 1.807) is 29.9 Å². The minimum atomic E-state index is -0.490. The number of benzene rings is 3. The number of aryl methyl sites for hydroxylation is 1. The lowest BCUT2D eigenvalue weighted by Gasteiger charge is -2.22. The van der Waals surface area contributed by atoms with Crippen LogP contribution in [0.3, 0.4) is 0 Å². The number of carbonyl (C=O) groups excluding carboxylic acids is 2. The van der Waals surface area contributed by atoms with Crippen molar-refractivity contribution in [3.8, 4) is 11.4 Å². The molecule has 3 aromatic carbocycles. The molecule has 1 aliphatic rings. The third-order valence-corrected chi connectivity index (χ3v) is 8.46. The second-order valence-electron chi connectivity index (χ2n) is 10.6. The fourth-order valence-corrected chi connectivity index (χ4v) is 5.91. The maximum Gasteiger partial charge on any atom is 0.287 e. The number of hydrazone groups is 1. The molecule has 0 bridgehead atoms. The van der Waals surface area contributed by atoms with E-state index in [9.17, 15) is 19.7 Å². The molecule has 13 nitrogen and oxygen atoms in total. The van der Waals surface area contributed by atoms with Crippen molar-refractivity contribution < 1.29 is 23.7 Å². The average molecular weight is 652 g/mol. The van der Waals surface area contributed by atoms with Gasteiger partial charge in [0.2, 0.25) is 0 Å². The summed E-state index contributed by atoms with van der Waals surface area (Å²) in [5.74, 6) is 0.506. The number of nitro groups is 1. The Morgan fingerprint density at radius 2 is 1.79 bits per heavy atom. The number of aromatic nitrogens is 3. The molecule has 0 spiro atoms. The highest BCUT2D eigenvalue weighted by molar-refractivity contribution is 7.99. The molecule has 0 saturated heterocycles. The molecule has 238 valence electrons. The topological polar surface area (TPSA) is 158 Å². The predicted octanol–water partition coefficient (Wildman–Crippen LogP) is 5.49. The van der Waals surface area contributed by atoms with Crippen molar-refractivity contribution in [3.63, 3.8) is 0 Å². The maximum atomic E-state index is 13.8. The number of thioether (sulfide) groups is 1. The minimum Gasteiger partial charge on any atom is -0.497 e. The van der Waals surface area contributed by atoms with E-state index >= 15 is 0 Å². The van der Waals surface area contributed by atoms with Gasteiger partial charge < -0.3 is 14.5 Å². The summed E-state index contributed by atoms with van der Waals surface area (Å²) in [6, 6.07) is 24.3. The molecule has 2 aromatic heterocycles. The van der Waals surface area contributed by atoms with Crippen molar-refractivity contribution in [2.45, 2.75) is 31.1 Å². The number of hydrogen-bond donors (Lipinski definition) is 1. The molecule has 0 aliphatic carbocycles. The van der Waals surface area contributed by atoms with Gasteiger partial charge in [-0.2, -0.15) is 5.10 Å². The van der Waals surface area contributed by atoms with E-state index in [0.717, 1.165) is 39.9 Å². The molecule has 1 N–H and O–H groups in total. The Hall–Kier alpha value is -5.76. The molecule has 0 radical (unpaired) electrons. The molecule has 5 aromatic rings. The van der Waals surface area contributed by atoms with E-state index in [1.165, 1.54) is 29.5 Å². The van der Waals surface area contributed by atoms with Crippen LogP contribution in [0.25, 0.3) is 5.69 Å². The van der Waals surface area contributed by atoms with E-state index in [2.05, 4.69) is 15.5 Å². The molecule has 1 unspecified atom stereocenters. The molecular formula is C33H29N7O6S. The Labute approximate surface area is 273 Å². The maximum absolute atomic E-state index is 13.8. The SMILES string of the molecule is COc1ccc(C2=NN(C(=O)CSc3nnc(CNC(=O)c4ccco4)n3-c3ccc([N+](=O)[O-])cc3)C(c3ccc(C)cc3)C2)cc1. The first-order chi connectivity index (χ1) is 22.8. The van der Waals surface area contributed by atoms with Crippen LogP contribution in [0, 0.1) is 17.0 Å². The highest BCUT2D eigenvalue weighted by Gasteiger charge is 2.33. The summed E-state index contributed by atoms with van der Waals surface area (Å²) in [4.78, 5) is 37.2. The third kappa shape index (κ3) is 6.92. The average Bonchev–Trinajstić information content (AvgIpc) is 3.87. The van der Waals surface area contributed by atoms with Gasteiger partial charge in [0.1, 0.15) is 5.75 Å². The summed E-state index contributed by atoms with van der Waals surface area (Å²) < 4.78 is 12.1. The van der Waals surface area contributed by atoms with Gasteiger partial charge in [0.25, 0.3) is 17.5 Å². The van der Waals surface area contributed by atoms with Crippen LogP contribution in [-0.4, -0.2) is 55.1 Å². The molecule has 0 saturated carbocycles. The molecule has 6 rings (SSSR count). The fourth-order valence-electron chi connectivity index (χ4n) is 5.08. The van der Waals surface area contributed by atoms with E-state index in [1.807, 2.05) is 55.5 Å². The number of rotatable bonds is 11. The Bertz CT molecular complexity index is 1920. The molecule has 0 fully saturated rings.